The van der Waals surface area contributed by atoms with E-state index in [-0.39, 0.29) is 5.41 Å². The predicted octanol–water partition coefficient (Wildman–Crippen LogP) is 14.6. The van der Waals surface area contributed by atoms with Gasteiger partial charge in [0.25, 0.3) is 0 Å². The molecule has 0 aliphatic heterocycles. The largest absolute Gasteiger partial charge is 0.456 e. The Labute approximate surface area is 305 Å². The molecule has 2 heterocycles. The van der Waals surface area contributed by atoms with Crippen LogP contribution in [0.3, 0.4) is 0 Å². The first-order valence-corrected chi connectivity index (χ1v) is 18.4. The summed E-state index contributed by atoms with van der Waals surface area (Å²) in [6.07, 6.45) is 0. The van der Waals surface area contributed by atoms with E-state index in [9.17, 15) is 0 Å². The molecular weight excluding hydrogens is 645 g/mol. The van der Waals surface area contributed by atoms with Gasteiger partial charge in [-0.25, -0.2) is 0 Å². The Morgan fingerprint density at radius 2 is 0.925 bits per heavy atom. The highest BCUT2D eigenvalue weighted by Gasteiger charge is 2.37. The molecule has 0 radical (unpaired) electrons. The summed E-state index contributed by atoms with van der Waals surface area (Å²) < 4.78 is 12.9. The lowest BCUT2D eigenvalue weighted by Gasteiger charge is -2.22. The van der Waals surface area contributed by atoms with Crippen LogP contribution < -0.4 is 0 Å². The number of benzene rings is 9. The molecule has 12 rings (SSSR count). The summed E-state index contributed by atoms with van der Waals surface area (Å²) in [5.41, 5.74) is 13.8. The van der Waals surface area contributed by atoms with Gasteiger partial charge >= 0.3 is 0 Å². The smallest absolute Gasteiger partial charge is 0.143 e. The fourth-order valence-corrected chi connectivity index (χ4v) is 9.53. The average molecular weight is 677 g/mol. The predicted molar refractivity (Wildman–Crippen MR) is 222 cm³/mol. The number of para-hydroxylation sites is 1. The first-order chi connectivity index (χ1) is 26.0. The fraction of sp³-hybridized carbons (Fsp3) is 0.0588. The van der Waals surface area contributed by atoms with Gasteiger partial charge in [0.1, 0.15) is 22.3 Å². The van der Waals surface area contributed by atoms with Crippen LogP contribution in [0.2, 0.25) is 0 Å². The van der Waals surface area contributed by atoms with E-state index in [0.29, 0.717) is 0 Å². The van der Waals surface area contributed by atoms with E-state index in [4.69, 9.17) is 8.83 Å². The molecule has 53 heavy (non-hydrogen) atoms. The lowest BCUT2D eigenvalue weighted by Crippen LogP contribution is -2.14. The number of hydrogen-bond acceptors (Lipinski definition) is 2. The standard InChI is InChI=1S/C51H32O2/c1-51(2)43-23-20-30(25-39(43)40-27-42-38-22-19-29-11-3-4-12-32(29)50(38)53-47(42)28-44(40)51)48-34-14-5-7-16-36(34)49(37-17-8-6-15-35(37)48)31-21-24-46-41(26-31)33-13-9-10-18-45(33)52-46/h3-28H,1-2H3. The molecule has 248 valence electrons. The van der Waals surface area contributed by atoms with Gasteiger partial charge in [0.05, 0.1) is 0 Å². The Hall–Kier alpha value is -6.64. The SMILES string of the molecule is CC1(C)c2ccc(-c3c4ccccc4c(-c4ccc5oc6ccccc6c5c4)c4ccccc34)cc2-c2cc3c(cc21)oc1c2ccccc2ccc31. The highest BCUT2D eigenvalue weighted by atomic mass is 16.3. The molecule has 0 atom stereocenters. The summed E-state index contributed by atoms with van der Waals surface area (Å²) in [5.74, 6) is 0. The van der Waals surface area contributed by atoms with Crippen LogP contribution in [-0.4, -0.2) is 0 Å². The maximum atomic E-state index is 6.66. The van der Waals surface area contributed by atoms with E-state index in [1.54, 1.807) is 0 Å². The van der Waals surface area contributed by atoms with E-state index < -0.39 is 0 Å². The van der Waals surface area contributed by atoms with Crippen molar-refractivity contribution >= 4 is 76.2 Å². The van der Waals surface area contributed by atoms with Crippen molar-refractivity contribution in [3.05, 3.63) is 169 Å². The van der Waals surface area contributed by atoms with Gasteiger partial charge in [0, 0.05) is 32.3 Å². The summed E-state index contributed by atoms with van der Waals surface area (Å²) >= 11 is 0. The minimum atomic E-state index is -0.164. The molecule has 2 heteroatoms. The van der Waals surface area contributed by atoms with E-state index >= 15 is 0 Å². The molecular formula is C51H32O2. The van der Waals surface area contributed by atoms with Gasteiger partial charge in [-0.15, -0.1) is 0 Å². The topological polar surface area (TPSA) is 26.3 Å². The lowest BCUT2D eigenvalue weighted by atomic mass is 9.81. The Kier molecular flexibility index (Phi) is 5.60. The molecule has 2 aromatic heterocycles. The second-order valence-electron chi connectivity index (χ2n) is 15.2. The molecule has 11 aromatic rings. The van der Waals surface area contributed by atoms with Gasteiger partial charge < -0.3 is 8.83 Å². The summed E-state index contributed by atoms with van der Waals surface area (Å²) in [5, 5.41) is 12.0. The molecule has 0 saturated heterocycles. The van der Waals surface area contributed by atoms with E-state index in [0.717, 1.165) is 43.9 Å². The molecule has 0 unspecified atom stereocenters. The van der Waals surface area contributed by atoms with Crippen molar-refractivity contribution in [2.45, 2.75) is 19.3 Å². The Balaban J connectivity index is 1.10. The van der Waals surface area contributed by atoms with Crippen molar-refractivity contribution in [1.82, 2.24) is 0 Å². The van der Waals surface area contributed by atoms with Gasteiger partial charge in [0.15, 0.2) is 0 Å². The van der Waals surface area contributed by atoms with Crippen LogP contribution in [0, 0.1) is 0 Å². The highest BCUT2D eigenvalue weighted by Crippen LogP contribution is 2.53. The second kappa shape index (κ2) is 10.2. The molecule has 1 aliphatic carbocycles. The molecule has 0 N–H and O–H groups in total. The van der Waals surface area contributed by atoms with Crippen LogP contribution in [0.5, 0.6) is 0 Å². The van der Waals surface area contributed by atoms with E-state index in [2.05, 4.69) is 159 Å². The minimum Gasteiger partial charge on any atom is -0.456 e. The van der Waals surface area contributed by atoms with Crippen LogP contribution in [0.15, 0.2) is 167 Å². The third-order valence-electron chi connectivity index (χ3n) is 12.0. The Morgan fingerprint density at radius 1 is 0.358 bits per heavy atom. The fourth-order valence-electron chi connectivity index (χ4n) is 9.53. The van der Waals surface area contributed by atoms with Gasteiger partial charge in [-0.3, -0.25) is 0 Å². The van der Waals surface area contributed by atoms with Gasteiger partial charge in [0.2, 0.25) is 0 Å². The van der Waals surface area contributed by atoms with Crippen LogP contribution in [-0.2, 0) is 5.41 Å². The Morgan fingerprint density at radius 3 is 1.66 bits per heavy atom. The first-order valence-electron chi connectivity index (χ1n) is 18.4. The number of rotatable bonds is 2. The van der Waals surface area contributed by atoms with Crippen LogP contribution in [0.25, 0.3) is 110 Å². The summed E-state index contributed by atoms with van der Waals surface area (Å²) in [6, 6.07) is 57.6. The zero-order valence-electron chi connectivity index (χ0n) is 29.3. The molecule has 0 spiro atoms. The van der Waals surface area contributed by atoms with Crippen LogP contribution in [0.4, 0.5) is 0 Å². The van der Waals surface area contributed by atoms with Gasteiger partial charge in [-0.2, -0.15) is 0 Å². The van der Waals surface area contributed by atoms with E-state index in [1.165, 1.54) is 76.8 Å². The number of hydrogen-bond donors (Lipinski definition) is 0. The average Bonchev–Trinajstić information content (AvgIpc) is 3.83. The van der Waals surface area contributed by atoms with Gasteiger partial charge in [-0.05, 0) is 114 Å². The maximum absolute atomic E-state index is 6.66. The van der Waals surface area contributed by atoms with Crippen molar-refractivity contribution in [2.75, 3.05) is 0 Å². The normalized spacial score (nSPS) is 13.6. The zero-order chi connectivity index (χ0) is 35.0. The first kappa shape index (κ1) is 29.0. The van der Waals surface area contributed by atoms with Crippen molar-refractivity contribution in [1.29, 1.82) is 0 Å². The quantitative estimate of drug-likeness (QED) is 0.170. The molecule has 1 aliphatic rings. The maximum Gasteiger partial charge on any atom is 0.143 e. The minimum absolute atomic E-state index is 0.164. The van der Waals surface area contributed by atoms with Crippen molar-refractivity contribution in [3.8, 4) is 33.4 Å². The molecule has 0 bridgehead atoms. The summed E-state index contributed by atoms with van der Waals surface area (Å²) in [6.45, 7) is 4.70. The molecule has 2 nitrogen and oxygen atoms in total. The molecule has 0 saturated carbocycles. The molecule has 9 aromatic carbocycles. The van der Waals surface area contributed by atoms with Crippen molar-refractivity contribution < 1.29 is 8.83 Å². The summed E-state index contributed by atoms with van der Waals surface area (Å²) in [7, 11) is 0. The number of fused-ring (bicyclic) bond motifs is 13. The van der Waals surface area contributed by atoms with E-state index in [1.807, 2.05) is 12.1 Å². The summed E-state index contributed by atoms with van der Waals surface area (Å²) in [4.78, 5) is 0. The zero-order valence-corrected chi connectivity index (χ0v) is 29.3. The van der Waals surface area contributed by atoms with Crippen LogP contribution >= 0.6 is 0 Å². The number of furan rings is 2. The Bertz CT molecular complexity index is 3310. The lowest BCUT2D eigenvalue weighted by molar-refractivity contribution is 0.648. The third kappa shape index (κ3) is 3.87. The second-order valence-corrected chi connectivity index (χ2v) is 15.2. The molecule has 0 fully saturated rings. The van der Waals surface area contributed by atoms with Crippen LogP contribution in [0.1, 0.15) is 25.0 Å². The third-order valence-corrected chi connectivity index (χ3v) is 12.0. The monoisotopic (exact) mass is 676 g/mol. The van der Waals surface area contributed by atoms with Crippen molar-refractivity contribution in [2.24, 2.45) is 0 Å². The van der Waals surface area contributed by atoms with Gasteiger partial charge in [-0.1, -0.05) is 129 Å². The highest BCUT2D eigenvalue weighted by molar-refractivity contribution is 6.22. The van der Waals surface area contributed by atoms with Crippen molar-refractivity contribution in [3.63, 3.8) is 0 Å². The molecule has 0 amide bonds.